The summed E-state index contributed by atoms with van der Waals surface area (Å²) in [6.07, 6.45) is 15.1. The van der Waals surface area contributed by atoms with E-state index < -0.39 is 0 Å². The van der Waals surface area contributed by atoms with Crippen LogP contribution >= 0.6 is 0 Å². The van der Waals surface area contributed by atoms with Gasteiger partial charge in [0.05, 0.1) is 0 Å². The van der Waals surface area contributed by atoms with E-state index in [2.05, 4.69) is 105 Å². The van der Waals surface area contributed by atoms with Crippen LogP contribution in [0.4, 0.5) is 0 Å². The number of aromatic nitrogens is 3. The summed E-state index contributed by atoms with van der Waals surface area (Å²) in [4.78, 5) is 17.4. The molecular formula is C40H36N4. The maximum atomic E-state index is 4.36. The van der Waals surface area contributed by atoms with Crippen molar-refractivity contribution in [1.29, 1.82) is 0 Å². The molecule has 0 N–H and O–H groups in total. The van der Waals surface area contributed by atoms with Crippen molar-refractivity contribution in [3.63, 3.8) is 0 Å². The maximum Gasteiger partial charge on any atom is 0.0346 e. The van der Waals surface area contributed by atoms with Crippen LogP contribution in [0.15, 0.2) is 145 Å². The molecule has 3 aromatic heterocycles. The predicted octanol–water partition coefficient (Wildman–Crippen LogP) is 10.3. The van der Waals surface area contributed by atoms with Crippen LogP contribution in [0.3, 0.4) is 0 Å². The second-order valence-corrected chi connectivity index (χ2v) is 10.0. The van der Waals surface area contributed by atoms with Gasteiger partial charge in [-0.25, -0.2) is 0 Å². The molecular weight excluding hydrogens is 536 g/mol. The van der Waals surface area contributed by atoms with Crippen molar-refractivity contribution in [2.45, 2.75) is 20.8 Å². The number of allylic oxidation sites excluding steroid dienone is 2. The van der Waals surface area contributed by atoms with Gasteiger partial charge in [-0.1, -0.05) is 56.3 Å². The number of hydrogen-bond donors (Lipinski definition) is 0. The van der Waals surface area contributed by atoms with Crippen LogP contribution < -0.4 is 0 Å². The molecule has 0 spiro atoms. The molecule has 0 saturated carbocycles. The molecule has 4 nitrogen and oxygen atoms in total. The van der Waals surface area contributed by atoms with Gasteiger partial charge in [0.2, 0.25) is 0 Å². The second kappa shape index (κ2) is 14.6. The highest BCUT2D eigenvalue weighted by molar-refractivity contribution is 6.10. The zero-order chi connectivity index (χ0) is 30.7. The molecule has 0 atom stereocenters. The Bertz CT molecular complexity index is 1820. The Kier molecular flexibility index (Phi) is 9.96. The van der Waals surface area contributed by atoms with Gasteiger partial charge in [0.15, 0.2) is 0 Å². The van der Waals surface area contributed by atoms with E-state index in [9.17, 15) is 0 Å². The average Bonchev–Trinajstić information content (AvgIpc) is 3.12. The van der Waals surface area contributed by atoms with E-state index in [-0.39, 0.29) is 0 Å². The Morgan fingerprint density at radius 3 is 1.25 bits per heavy atom. The zero-order valence-electron chi connectivity index (χ0n) is 25.6. The van der Waals surface area contributed by atoms with Gasteiger partial charge in [-0.2, -0.15) is 0 Å². The quantitative estimate of drug-likeness (QED) is 0.179. The van der Waals surface area contributed by atoms with Gasteiger partial charge in [0, 0.05) is 67.1 Å². The topological polar surface area (TPSA) is 51.0 Å². The van der Waals surface area contributed by atoms with Gasteiger partial charge in [-0.3, -0.25) is 19.9 Å². The Hall–Kier alpha value is -5.48. The van der Waals surface area contributed by atoms with Gasteiger partial charge in [0.1, 0.15) is 0 Å². The Morgan fingerprint density at radius 1 is 0.500 bits per heavy atom. The molecule has 0 fully saturated rings. The van der Waals surface area contributed by atoms with Gasteiger partial charge in [0.25, 0.3) is 0 Å². The van der Waals surface area contributed by atoms with Crippen molar-refractivity contribution < 1.29 is 0 Å². The number of rotatable bonds is 7. The molecule has 6 aromatic rings. The van der Waals surface area contributed by atoms with Crippen molar-refractivity contribution >= 4 is 11.8 Å². The monoisotopic (exact) mass is 572 g/mol. The number of benzene rings is 3. The van der Waals surface area contributed by atoms with Crippen LogP contribution in [0.2, 0.25) is 0 Å². The molecule has 0 aliphatic rings. The summed E-state index contributed by atoms with van der Waals surface area (Å²) < 4.78 is 0. The average molecular weight is 573 g/mol. The lowest BCUT2D eigenvalue weighted by Gasteiger charge is -2.14. The summed E-state index contributed by atoms with van der Waals surface area (Å²) in [5.41, 5.74) is 13.3. The molecule has 0 unspecified atom stereocenters. The summed E-state index contributed by atoms with van der Waals surface area (Å²) in [7, 11) is 1.80. The fourth-order valence-electron chi connectivity index (χ4n) is 5.19. The predicted molar refractivity (Wildman–Crippen MR) is 186 cm³/mol. The highest BCUT2D eigenvalue weighted by Crippen LogP contribution is 2.36. The van der Waals surface area contributed by atoms with Crippen LogP contribution in [0.1, 0.15) is 26.3 Å². The van der Waals surface area contributed by atoms with Crippen molar-refractivity contribution in [2.24, 2.45) is 4.99 Å². The third-order valence-electron chi connectivity index (χ3n) is 7.29. The molecule has 44 heavy (non-hydrogen) atoms. The summed E-state index contributed by atoms with van der Waals surface area (Å²) in [5, 5.41) is 0. The highest BCUT2D eigenvalue weighted by Gasteiger charge is 2.11. The summed E-state index contributed by atoms with van der Waals surface area (Å²) in [5.74, 6) is 0. The SMILES string of the molecule is C/C=C(\C=NC)c1cc(-c2cccnc2)cc(-c2cccc(-c3cc(-c4cccnc4)cc(-c4cccnc4)c3)c2)c1.CC. The van der Waals surface area contributed by atoms with Gasteiger partial charge in [-0.05, 0) is 118 Å². The molecule has 0 aliphatic heterocycles. The van der Waals surface area contributed by atoms with Crippen LogP contribution in [-0.2, 0) is 0 Å². The first-order valence-electron chi connectivity index (χ1n) is 14.9. The lowest BCUT2D eigenvalue weighted by atomic mass is 9.91. The molecule has 3 heterocycles. The van der Waals surface area contributed by atoms with Crippen molar-refractivity contribution in [3.8, 4) is 55.6 Å². The van der Waals surface area contributed by atoms with Gasteiger partial charge in [-0.15, -0.1) is 0 Å². The van der Waals surface area contributed by atoms with E-state index in [0.717, 1.165) is 66.8 Å². The van der Waals surface area contributed by atoms with Crippen molar-refractivity contribution in [3.05, 3.63) is 146 Å². The third kappa shape index (κ3) is 6.93. The lowest BCUT2D eigenvalue weighted by molar-refractivity contribution is 1.32. The van der Waals surface area contributed by atoms with Crippen molar-refractivity contribution in [1.82, 2.24) is 15.0 Å². The molecule has 3 aromatic carbocycles. The fourth-order valence-corrected chi connectivity index (χ4v) is 5.19. The number of nitrogens with zero attached hydrogens (tertiary/aromatic N) is 4. The molecule has 4 heteroatoms. The molecule has 0 aliphatic carbocycles. The third-order valence-corrected chi connectivity index (χ3v) is 7.29. The van der Waals surface area contributed by atoms with Gasteiger partial charge < -0.3 is 0 Å². The van der Waals surface area contributed by atoms with E-state index in [0.29, 0.717) is 0 Å². The first-order valence-corrected chi connectivity index (χ1v) is 14.9. The largest absolute Gasteiger partial charge is 0.296 e. The summed E-state index contributed by atoms with van der Waals surface area (Å²) in [6.45, 7) is 6.04. The molecule has 6 rings (SSSR count). The van der Waals surface area contributed by atoms with Crippen molar-refractivity contribution in [2.75, 3.05) is 7.05 Å². The fraction of sp³-hybridized carbons (Fsp3) is 0.100. The van der Waals surface area contributed by atoms with Crippen LogP contribution in [-0.4, -0.2) is 28.2 Å². The molecule has 0 bridgehead atoms. The molecule has 0 amide bonds. The minimum absolute atomic E-state index is 1.07. The Balaban J connectivity index is 0.00000188. The lowest BCUT2D eigenvalue weighted by Crippen LogP contribution is -1.91. The first-order chi connectivity index (χ1) is 21.7. The Morgan fingerprint density at radius 2 is 0.864 bits per heavy atom. The summed E-state index contributed by atoms with van der Waals surface area (Å²) in [6, 6.07) is 34.3. The van der Waals surface area contributed by atoms with Crippen LogP contribution in [0.5, 0.6) is 0 Å². The molecule has 0 saturated heterocycles. The maximum absolute atomic E-state index is 4.36. The number of pyridine rings is 3. The van der Waals surface area contributed by atoms with Gasteiger partial charge >= 0.3 is 0 Å². The number of aliphatic imine (C=N–C) groups is 1. The van der Waals surface area contributed by atoms with E-state index >= 15 is 0 Å². The normalized spacial score (nSPS) is 11.2. The van der Waals surface area contributed by atoms with E-state index in [1.807, 2.05) is 63.8 Å². The number of hydrogen-bond acceptors (Lipinski definition) is 4. The minimum atomic E-state index is 1.07. The second-order valence-electron chi connectivity index (χ2n) is 10.0. The minimum Gasteiger partial charge on any atom is -0.296 e. The highest BCUT2D eigenvalue weighted by atomic mass is 14.6. The molecule has 216 valence electrons. The van der Waals surface area contributed by atoms with Crippen LogP contribution in [0.25, 0.3) is 61.2 Å². The standard InChI is InChI=1S/C38H30N4.C2H6/c1-3-27(23-39-2)33-17-34(19-36(18-33)30-10-5-13-40-24-30)28-8-4-9-29(16-28)35-20-37(31-11-6-14-41-25-31)22-38(21-35)32-12-7-15-42-26-32;1-2/h3-26H,1-2H3;1-2H3/b27-3+,39-23?;. The van der Waals surface area contributed by atoms with Crippen LogP contribution in [0, 0.1) is 0 Å². The van der Waals surface area contributed by atoms with E-state index in [1.165, 1.54) is 0 Å². The van der Waals surface area contributed by atoms with E-state index in [1.54, 1.807) is 25.6 Å². The first kappa shape index (κ1) is 30.0. The molecule has 0 radical (unpaired) electrons. The zero-order valence-corrected chi connectivity index (χ0v) is 25.6. The van der Waals surface area contributed by atoms with E-state index in [4.69, 9.17) is 0 Å². The summed E-state index contributed by atoms with van der Waals surface area (Å²) >= 11 is 0. The Labute approximate surface area is 260 Å². The smallest absolute Gasteiger partial charge is 0.0346 e.